The summed E-state index contributed by atoms with van der Waals surface area (Å²) >= 11 is 0. The minimum absolute atomic E-state index is 0.129. The SMILES string of the molecule is COc1ccc(C(NC(=O)Cn2nc3n(c2=O)CCCCC3)c2nccn2C)cc1. The lowest BCUT2D eigenvalue weighted by atomic mass is 10.1. The van der Waals surface area contributed by atoms with Crippen molar-refractivity contribution in [3.8, 4) is 5.75 Å². The van der Waals surface area contributed by atoms with Gasteiger partial charge in [-0.2, -0.15) is 5.10 Å². The van der Waals surface area contributed by atoms with Crippen LogP contribution in [0.1, 0.15) is 42.5 Å². The molecular formula is C21H26N6O3. The number of aromatic nitrogens is 5. The number of rotatable bonds is 6. The van der Waals surface area contributed by atoms with Crippen LogP contribution in [0.3, 0.4) is 0 Å². The number of aryl methyl sites for hydroxylation is 2. The van der Waals surface area contributed by atoms with Crippen molar-refractivity contribution in [3.63, 3.8) is 0 Å². The van der Waals surface area contributed by atoms with Crippen molar-refractivity contribution >= 4 is 5.91 Å². The lowest BCUT2D eigenvalue weighted by Crippen LogP contribution is -2.37. The molecular weight excluding hydrogens is 384 g/mol. The molecule has 9 nitrogen and oxygen atoms in total. The fourth-order valence-corrected chi connectivity index (χ4v) is 3.82. The highest BCUT2D eigenvalue weighted by molar-refractivity contribution is 5.76. The Kier molecular flexibility index (Phi) is 5.69. The molecule has 1 aliphatic rings. The van der Waals surface area contributed by atoms with E-state index >= 15 is 0 Å². The third-order valence-corrected chi connectivity index (χ3v) is 5.45. The maximum Gasteiger partial charge on any atom is 0.346 e. The number of hydrogen-bond acceptors (Lipinski definition) is 5. The van der Waals surface area contributed by atoms with Crippen LogP contribution in [0, 0.1) is 0 Å². The molecule has 0 bridgehead atoms. The summed E-state index contributed by atoms with van der Waals surface area (Å²) in [4.78, 5) is 29.9. The molecule has 1 N–H and O–H groups in total. The van der Waals surface area contributed by atoms with Crippen molar-refractivity contribution in [1.29, 1.82) is 0 Å². The summed E-state index contributed by atoms with van der Waals surface area (Å²) in [7, 11) is 3.49. The topological polar surface area (TPSA) is 96.0 Å². The monoisotopic (exact) mass is 410 g/mol. The van der Waals surface area contributed by atoms with Crippen LogP contribution in [0.5, 0.6) is 5.75 Å². The molecule has 1 amide bonds. The molecule has 1 aliphatic heterocycles. The van der Waals surface area contributed by atoms with Gasteiger partial charge in [-0.3, -0.25) is 9.36 Å². The first-order valence-corrected chi connectivity index (χ1v) is 10.1. The summed E-state index contributed by atoms with van der Waals surface area (Å²) in [5.41, 5.74) is 0.645. The van der Waals surface area contributed by atoms with E-state index in [2.05, 4.69) is 15.4 Å². The zero-order valence-electron chi connectivity index (χ0n) is 17.2. The van der Waals surface area contributed by atoms with Crippen molar-refractivity contribution in [2.45, 2.75) is 44.8 Å². The van der Waals surface area contributed by atoms with E-state index in [0.717, 1.165) is 42.8 Å². The quantitative estimate of drug-likeness (QED) is 0.663. The highest BCUT2D eigenvalue weighted by atomic mass is 16.5. The summed E-state index contributed by atoms with van der Waals surface area (Å²) in [5, 5.41) is 7.41. The second kappa shape index (κ2) is 8.56. The van der Waals surface area contributed by atoms with Gasteiger partial charge in [-0.05, 0) is 30.5 Å². The zero-order chi connectivity index (χ0) is 21.1. The predicted octanol–water partition coefficient (Wildman–Crippen LogP) is 1.42. The largest absolute Gasteiger partial charge is 0.497 e. The van der Waals surface area contributed by atoms with Gasteiger partial charge in [-0.15, -0.1) is 0 Å². The van der Waals surface area contributed by atoms with Crippen molar-refractivity contribution in [2.24, 2.45) is 7.05 Å². The maximum absolute atomic E-state index is 12.9. The molecule has 0 saturated heterocycles. The molecule has 1 unspecified atom stereocenters. The van der Waals surface area contributed by atoms with Crippen LogP contribution in [0.2, 0.25) is 0 Å². The predicted molar refractivity (Wildman–Crippen MR) is 110 cm³/mol. The molecule has 0 aliphatic carbocycles. The molecule has 0 saturated carbocycles. The van der Waals surface area contributed by atoms with Crippen LogP contribution >= 0.6 is 0 Å². The van der Waals surface area contributed by atoms with Crippen LogP contribution in [0.4, 0.5) is 0 Å². The van der Waals surface area contributed by atoms with E-state index in [1.165, 1.54) is 4.68 Å². The van der Waals surface area contributed by atoms with Gasteiger partial charge in [0.05, 0.1) is 7.11 Å². The number of hydrogen-bond donors (Lipinski definition) is 1. The van der Waals surface area contributed by atoms with Crippen LogP contribution in [0.25, 0.3) is 0 Å². The van der Waals surface area contributed by atoms with Gasteiger partial charge in [0.25, 0.3) is 0 Å². The standard InChI is InChI=1S/C21H26N6O3/c1-25-13-11-22-20(25)19(15-7-9-16(30-2)10-8-15)23-18(28)14-27-21(29)26-12-5-3-4-6-17(26)24-27/h7-11,13,19H,3-6,12,14H2,1-2H3,(H,23,28). The van der Waals surface area contributed by atoms with Gasteiger partial charge in [0.15, 0.2) is 0 Å². The summed E-state index contributed by atoms with van der Waals surface area (Å²) in [6, 6.07) is 7.01. The van der Waals surface area contributed by atoms with Crippen LogP contribution < -0.4 is 15.7 Å². The zero-order valence-corrected chi connectivity index (χ0v) is 17.2. The Balaban J connectivity index is 1.56. The summed E-state index contributed by atoms with van der Waals surface area (Å²) in [6.07, 6.45) is 7.36. The van der Waals surface area contributed by atoms with Gasteiger partial charge in [0, 0.05) is 32.4 Å². The molecule has 9 heteroatoms. The van der Waals surface area contributed by atoms with E-state index in [0.29, 0.717) is 12.4 Å². The van der Waals surface area contributed by atoms with Crippen LogP contribution in [-0.2, 0) is 31.4 Å². The minimum Gasteiger partial charge on any atom is -0.497 e. The minimum atomic E-state index is -0.459. The lowest BCUT2D eigenvalue weighted by Gasteiger charge is -2.19. The molecule has 4 rings (SSSR count). The Morgan fingerprint density at radius 2 is 2.03 bits per heavy atom. The Hall–Kier alpha value is -3.36. The highest BCUT2D eigenvalue weighted by Crippen LogP contribution is 2.23. The first-order valence-electron chi connectivity index (χ1n) is 10.1. The number of carbonyl (C=O) groups excluding carboxylic acids is 1. The second-order valence-electron chi connectivity index (χ2n) is 7.49. The van der Waals surface area contributed by atoms with E-state index < -0.39 is 6.04 Å². The Bertz CT molecular complexity index is 1080. The molecule has 3 heterocycles. The van der Waals surface area contributed by atoms with Crippen molar-refractivity contribution in [2.75, 3.05) is 7.11 Å². The van der Waals surface area contributed by atoms with E-state index in [1.54, 1.807) is 17.9 Å². The number of methoxy groups -OCH3 is 1. The van der Waals surface area contributed by atoms with Gasteiger partial charge in [-0.25, -0.2) is 14.5 Å². The lowest BCUT2D eigenvalue weighted by molar-refractivity contribution is -0.122. The average Bonchev–Trinajstić information content (AvgIpc) is 3.20. The third kappa shape index (κ3) is 4.00. The van der Waals surface area contributed by atoms with E-state index in [9.17, 15) is 9.59 Å². The fourth-order valence-electron chi connectivity index (χ4n) is 3.82. The Morgan fingerprint density at radius 1 is 1.23 bits per heavy atom. The average molecular weight is 410 g/mol. The van der Waals surface area contributed by atoms with Crippen molar-refractivity contribution < 1.29 is 9.53 Å². The second-order valence-corrected chi connectivity index (χ2v) is 7.49. The molecule has 1 aromatic carbocycles. The van der Waals surface area contributed by atoms with E-state index in [-0.39, 0.29) is 18.1 Å². The van der Waals surface area contributed by atoms with Gasteiger partial charge in [0.1, 0.15) is 30.0 Å². The maximum atomic E-state index is 12.9. The van der Waals surface area contributed by atoms with Gasteiger partial charge < -0.3 is 14.6 Å². The smallest absolute Gasteiger partial charge is 0.346 e. The summed E-state index contributed by atoms with van der Waals surface area (Å²) in [5.74, 6) is 1.89. The number of nitrogens with zero attached hydrogens (tertiary/aromatic N) is 5. The number of ether oxygens (including phenoxy) is 1. The van der Waals surface area contributed by atoms with E-state index in [4.69, 9.17) is 4.74 Å². The Morgan fingerprint density at radius 3 is 2.73 bits per heavy atom. The third-order valence-electron chi connectivity index (χ3n) is 5.45. The van der Waals surface area contributed by atoms with Crippen molar-refractivity contribution in [3.05, 3.63) is 64.4 Å². The first kappa shape index (κ1) is 19.9. The van der Waals surface area contributed by atoms with Gasteiger partial charge >= 0.3 is 5.69 Å². The van der Waals surface area contributed by atoms with Crippen molar-refractivity contribution in [1.82, 2.24) is 29.2 Å². The van der Waals surface area contributed by atoms with Gasteiger partial charge in [0.2, 0.25) is 5.91 Å². The molecule has 0 fully saturated rings. The van der Waals surface area contributed by atoms with E-state index in [1.807, 2.05) is 42.1 Å². The number of nitrogens with one attached hydrogen (secondary N) is 1. The molecule has 158 valence electrons. The fraction of sp³-hybridized carbons (Fsp3) is 0.429. The molecule has 1 atom stereocenters. The highest BCUT2D eigenvalue weighted by Gasteiger charge is 2.23. The molecule has 2 aromatic heterocycles. The number of amides is 1. The first-order chi connectivity index (χ1) is 14.6. The molecule has 0 spiro atoms. The molecule has 30 heavy (non-hydrogen) atoms. The summed E-state index contributed by atoms with van der Waals surface area (Å²) < 4.78 is 10.0. The Labute approximate surface area is 174 Å². The van der Waals surface area contributed by atoms with Crippen LogP contribution in [-0.4, -0.2) is 36.9 Å². The molecule has 0 radical (unpaired) electrons. The normalized spacial score (nSPS) is 14.6. The number of imidazole rings is 1. The van der Waals surface area contributed by atoms with Crippen LogP contribution in [0.15, 0.2) is 41.5 Å². The molecule has 3 aromatic rings. The summed E-state index contributed by atoms with van der Waals surface area (Å²) in [6.45, 7) is 0.535. The number of carbonyl (C=O) groups is 1. The van der Waals surface area contributed by atoms with Gasteiger partial charge in [-0.1, -0.05) is 18.6 Å². The number of benzene rings is 1. The number of fused-ring (bicyclic) bond motifs is 1.